The van der Waals surface area contributed by atoms with Crippen molar-refractivity contribution >= 4 is 52.9 Å². The highest BCUT2D eigenvalue weighted by Crippen LogP contribution is 2.29. The molecule has 0 saturated carbocycles. The number of esters is 1. The minimum atomic E-state index is -1.47. The first-order valence-electron chi connectivity index (χ1n) is 20.3. The normalized spacial score (nSPS) is 27.4. The SMILES string of the molecule is CC1CC2C(=O)OC(C)C(NC(=O)C(Cc3ccccc3)NC(=O)Nc3ccc(N(C)C)cc3)C(=O)N3CCCC3C(=O)N3CCCCC3C(=O)NC(C)C(=O)N2C1. The maximum Gasteiger partial charge on any atom is 0.329 e. The molecule has 4 heterocycles. The molecule has 6 rings (SSSR count). The van der Waals surface area contributed by atoms with Crippen LogP contribution in [0.15, 0.2) is 54.6 Å². The van der Waals surface area contributed by atoms with Gasteiger partial charge in [0.1, 0.15) is 42.4 Å². The van der Waals surface area contributed by atoms with Gasteiger partial charge in [-0.25, -0.2) is 9.59 Å². The number of hydrogen-bond donors (Lipinski definition) is 4. The third-order valence-electron chi connectivity index (χ3n) is 11.6. The van der Waals surface area contributed by atoms with E-state index in [4.69, 9.17) is 4.74 Å². The van der Waals surface area contributed by atoms with E-state index in [0.29, 0.717) is 50.8 Å². The van der Waals surface area contributed by atoms with Crippen molar-refractivity contribution in [2.24, 2.45) is 5.92 Å². The average molecular weight is 801 g/mol. The van der Waals surface area contributed by atoms with Crippen LogP contribution in [-0.4, -0.2) is 132 Å². The number of nitrogens with one attached hydrogen (secondary N) is 4. The highest BCUT2D eigenvalue weighted by atomic mass is 16.5. The maximum atomic E-state index is 14.7. The number of urea groups is 1. The first kappa shape index (κ1) is 41.9. The first-order chi connectivity index (χ1) is 27.7. The van der Waals surface area contributed by atoms with Gasteiger partial charge in [-0.2, -0.15) is 0 Å². The van der Waals surface area contributed by atoms with Gasteiger partial charge < -0.3 is 45.6 Å². The van der Waals surface area contributed by atoms with Crippen molar-refractivity contribution in [2.75, 3.05) is 43.9 Å². The topological polar surface area (TPSA) is 190 Å². The summed E-state index contributed by atoms with van der Waals surface area (Å²) < 4.78 is 5.97. The number of carbonyl (C=O) groups is 7. The summed E-state index contributed by atoms with van der Waals surface area (Å²) in [5, 5.41) is 11.1. The molecule has 8 unspecified atom stereocenters. The molecule has 0 aromatic heterocycles. The largest absolute Gasteiger partial charge is 0.458 e. The van der Waals surface area contributed by atoms with Crippen LogP contribution in [0.4, 0.5) is 16.2 Å². The molecule has 4 aliphatic heterocycles. The Hall–Kier alpha value is -5.67. The minimum Gasteiger partial charge on any atom is -0.458 e. The second-order valence-electron chi connectivity index (χ2n) is 16.2. The van der Waals surface area contributed by atoms with Gasteiger partial charge in [-0.3, -0.25) is 24.0 Å². The van der Waals surface area contributed by atoms with Crippen LogP contribution in [-0.2, 0) is 39.9 Å². The number of carbonyl (C=O) groups excluding carboxylic acids is 7. The third kappa shape index (κ3) is 9.54. The fourth-order valence-electron chi connectivity index (χ4n) is 8.45. The molecule has 4 saturated heterocycles. The number of nitrogens with zero attached hydrogens (tertiary/aromatic N) is 4. The van der Waals surface area contributed by atoms with Crippen molar-refractivity contribution in [1.29, 1.82) is 0 Å². The fourth-order valence-corrected chi connectivity index (χ4v) is 8.45. The van der Waals surface area contributed by atoms with Crippen LogP contribution in [0.25, 0.3) is 0 Å². The molecule has 2 aromatic carbocycles. The summed E-state index contributed by atoms with van der Waals surface area (Å²) in [5.74, 6) is -3.48. The summed E-state index contributed by atoms with van der Waals surface area (Å²) in [6.07, 6.45) is 1.73. The van der Waals surface area contributed by atoms with E-state index >= 15 is 0 Å². The molecule has 0 bridgehead atoms. The molecule has 16 heteroatoms. The number of fused-ring (bicyclic) bond motifs is 3. The lowest BCUT2D eigenvalue weighted by Gasteiger charge is -2.39. The highest BCUT2D eigenvalue weighted by molar-refractivity contribution is 5.99. The molecule has 16 nitrogen and oxygen atoms in total. The molecule has 58 heavy (non-hydrogen) atoms. The van der Waals surface area contributed by atoms with E-state index in [1.807, 2.05) is 68.4 Å². The zero-order valence-electron chi connectivity index (χ0n) is 33.9. The van der Waals surface area contributed by atoms with Crippen molar-refractivity contribution in [3.05, 3.63) is 60.2 Å². The molecule has 312 valence electrons. The average Bonchev–Trinajstić information content (AvgIpc) is 3.86. The highest BCUT2D eigenvalue weighted by Gasteiger charge is 2.47. The molecule has 2 aromatic rings. The lowest BCUT2D eigenvalue weighted by Crippen LogP contribution is -2.63. The Morgan fingerprint density at radius 3 is 2.19 bits per heavy atom. The Morgan fingerprint density at radius 2 is 1.48 bits per heavy atom. The van der Waals surface area contributed by atoms with Crippen molar-refractivity contribution in [3.63, 3.8) is 0 Å². The molecule has 4 N–H and O–H groups in total. The quantitative estimate of drug-likeness (QED) is 0.304. The lowest BCUT2D eigenvalue weighted by molar-refractivity contribution is -0.163. The minimum absolute atomic E-state index is 0.0578. The zero-order chi connectivity index (χ0) is 41.7. The van der Waals surface area contributed by atoms with Gasteiger partial charge in [0, 0.05) is 51.5 Å². The zero-order valence-corrected chi connectivity index (χ0v) is 33.9. The summed E-state index contributed by atoms with van der Waals surface area (Å²) >= 11 is 0. The molecule has 7 amide bonds. The van der Waals surface area contributed by atoms with Crippen LogP contribution < -0.4 is 26.2 Å². The molecular weight excluding hydrogens is 745 g/mol. The van der Waals surface area contributed by atoms with Gasteiger partial charge in [0.2, 0.25) is 29.5 Å². The van der Waals surface area contributed by atoms with Crippen molar-refractivity contribution < 1.29 is 38.3 Å². The molecule has 4 aliphatic rings. The molecule has 0 aliphatic carbocycles. The van der Waals surface area contributed by atoms with E-state index in [-0.39, 0.29) is 31.3 Å². The summed E-state index contributed by atoms with van der Waals surface area (Å²) in [4.78, 5) is 105. The number of ether oxygens (including phenoxy) is 1. The van der Waals surface area contributed by atoms with Gasteiger partial charge in [-0.15, -0.1) is 0 Å². The second-order valence-corrected chi connectivity index (χ2v) is 16.2. The Balaban J connectivity index is 1.31. The van der Waals surface area contributed by atoms with Crippen LogP contribution in [0, 0.1) is 5.92 Å². The third-order valence-corrected chi connectivity index (χ3v) is 11.6. The Morgan fingerprint density at radius 1 is 0.810 bits per heavy atom. The number of piperidine rings is 1. The van der Waals surface area contributed by atoms with E-state index in [1.54, 1.807) is 19.1 Å². The first-order valence-corrected chi connectivity index (χ1v) is 20.3. The molecular formula is C42H56N8O8. The summed E-state index contributed by atoms with van der Waals surface area (Å²) in [5.41, 5.74) is 2.17. The summed E-state index contributed by atoms with van der Waals surface area (Å²) in [7, 11) is 3.80. The van der Waals surface area contributed by atoms with E-state index in [0.717, 1.165) is 11.3 Å². The lowest BCUT2D eigenvalue weighted by atomic mass is 9.99. The van der Waals surface area contributed by atoms with E-state index in [2.05, 4.69) is 21.3 Å². The standard InChI is InChI=1S/C42H56N8O8/c1-25-22-34-41(56)58-27(3)35(46-36(51)31(23-28-12-7-6-8-13-28)45-42(57)44-29-16-18-30(19-17-29)47(4)5)40(55)49-21-11-15-33(49)39(54)48-20-10-9-14-32(48)37(52)43-26(2)38(53)50(34)24-25/h6-8,12-13,16-19,25-27,31-35H,9-11,14-15,20-24H2,1-5H3,(H,43,52)(H,46,51)(H2,44,45,57). The van der Waals surface area contributed by atoms with Gasteiger partial charge in [0.15, 0.2) is 0 Å². The van der Waals surface area contributed by atoms with Gasteiger partial charge in [-0.05, 0) is 88.1 Å². The predicted octanol–water partition coefficient (Wildman–Crippen LogP) is 2.03. The number of cyclic esters (lactones) is 1. The second kappa shape index (κ2) is 18.3. The van der Waals surface area contributed by atoms with Crippen molar-refractivity contribution in [2.45, 2.75) is 108 Å². The summed E-state index contributed by atoms with van der Waals surface area (Å²) in [6, 6.07) is 9.19. The van der Waals surface area contributed by atoms with Crippen LogP contribution in [0.3, 0.4) is 0 Å². The smallest absolute Gasteiger partial charge is 0.329 e. The van der Waals surface area contributed by atoms with Gasteiger partial charge in [0.05, 0.1) is 0 Å². The van der Waals surface area contributed by atoms with Gasteiger partial charge in [0.25, 0.3) is 0 Å². The van der Waals surface area contributed by atoms with E-state index < -0.39 is 78.0 Å². The van der Waals surface area contributed by atoms with Gasteiger partial charge in [-0.1, -0.05) is 37.3 Å². The van der Waals surface area contributed by atoms with E-state index in [9.17, 15) is 33.6 Å². The maximum absolute atomic E-state index is 14.7. The molecule has 4 fully saturated rings. The Kier molecular flexibility index (Phi) is 13.2. The fraction of sp³-hybridized carbons (Fsp3) is 0.548. The van der Waals surface area contributed by atoms with Crippen LogP contribution >= 0.6 is 0 Å². The monoisotopic (exact) mass is 800 g/mol. The molecule has 8 atom stereocenters. The van der Waals surface area contributed by atoms with Crippen molar-refractivity contribution in [3.8, 4) is 0 Å². The Bertz CT molecular complexity index is 1860. The number of hydrogen-bond acceptors (Lipinski definition) is 9. The number of amides is 7. The van der Waals surface area contributed by atoms with Crippen LogP contribution in [0.5, 0.6) is 0 Å². The van der Waals surface area contributed by atoms with Crippen LogP contribution in [0.1, 0.15) is 64.9 Å². The number of rotatable bonds is 7. The Labute approximate surface area is 339 Å². The number of benzene rings is 2. The predicted molar refractivity (Wildman–Crippen MR) is 215 cm³/mol. The van der Waals surface area contributed by atoms with Crippen molar-refractivity contribution in [1.82, 2.24) is 30.7 Å². The number of anilines is 2. The molecule has 0 radical (unpaired) electrons. The van der Waals surface area contributed by atoms with E-state index in [1.165, 1.54) is 21.6 Å². The molecule has 0 spiro atoms. The summed E-state index contributed by atoms with van der Waals surface area (Å²) in [6.45, 7) is 5.73. The van der Waals surface area contributed by atoms with Gasteiger partial charge >= 0.3 is 12.0 Å². The van der Waals surface area contributed by atoms with Crippen LogP contribution in [0.2, 0.25) is 0 Å².